The summed E-state index contributed by atoms with van der Waals surface area (Å²) < 4.78 is 0. The quantitative estimate of drug-likeness (QED) is 0.434. The van der Waals surface area contributed by atoms with E-state index < -0.39 is 6.03 Å². The van der Waals surface area contributed by atoms with Crippen molar-refractivity contribution in [2.45, 2.75) is 27.7 Å². The molecule has 0 fully saturated rings. The highest BCUT2D eigenvalue weighted by molar-refractivity contribution is 5.87. The molecule has 3 N–H and O–H groups in total. The minimum Gasteiger partial charge on any atom is -0.350 e. The Labute approximate surface area is 66.8 Å². The number of primary amides is 1. The van der Waals surface area contributed by atoms with Crippen LogP contribution in [-0.2, 0) is 0 Å². The molecular formula is C7H15N3O. The Kier molecular flexibility index (Phi) is 3.04. The van der Waals surface area contributed by atoms with E-state index in [1.54, 1.807) is 0 Å². The van der Waals surface area contributed by atoms with Gasteiger partial charge in [0.05, 0.1) is 0 Å². The number of amides is 2. The highest BCUT2D eigenvalue weighted by atomic mass is 16.2. The Bertz CT molecular complexity index is 179. The molecule has 0 atom stereocenters. The summed E-state index contributed by atoms with van der Waals surface area (Å²) in [7, 11) is 0. The van der Waals surface area contributed by atoms with Crippen LogP contribution in [0, 0.1) is 5.41 Å². The number of nitrogens with one attached hydrogen (secondary N) is 1. The summed E-state index contributed by atoms with van der Waals surface area (Å²) in [6.45, 7) is 7.87. The number of carbonyl (C=O) groups is 1. The van der Waals surface area contributed by atoms with Gasteiger partial charge in [0, 0.05) is 11.1 Å². The normalized spacial score (nSPS) is 12.9. The maximum Gasteiger partial charge on any atom is 0.332 e. The highest BCUT2D eigenvalue weighted by Gasteiger charge is 2.13. The van der Waals surface area contributed by atoms with Crippen LogP contribution in [0.15, 0.2) is 5.10 Å². The molecule has 0 rings (SSSR count). The van der Waals surface area contributed by atoms with E-state index in [-0.39, 0.29) is 5.41 Å². The second-order valence-electron chi connectivity index (χ2n) is 3.42. The van der Waals surface area contributed by atoms with E-state index in [4.69, 9.17) is 5.73 Å². The minimum absolute atomic E-state index is 0.0253. The number of nitrogens with two attached hydrogens (primary N) is 1. The Hall–Kier alpha value is -1.06. The van der Waals surface area contributed by atoms with Crippen LogP contribution >= 0.6 is 0 Å². The zero-order valence-corrected chi connectivity index (χ0v) is 7.43. The van der Waals surface area contributed by atoms with Gasteiger partial charge in [-0.15, -0.1) is 0 Å². The van der Waals surface area contributed by atoms with Gasteiger partial charge >= 0.3 is 6.03 Å². The van der Waals surface area contributed by atoms with Crippen LogP contribution in [0.4, 0.5) is 4.79 Å². The number of rotatable bonds is 1. The third kappa shape index (κ3) is 4.36. The first-order valence-corrected chi connectivity index (χ1v) is 3.44. The van der Waals surface area contributed by atoms with Crippen LogP contribution in [0.5, 0.6) is 0 Å². The average Bonchev–Trinajstić information content (AvgIpc) is 1.80. The third-order valence-corrected chi connectivity index (χ3v) is 1.42. The Morgan fingerprint density at radius 2 is 1.91 bits per heavy atom. The van der Waals surface area contributed by atoms with E-state index in [0.29, 0.717) is 0 Å². The summed E-state index contributed by atoms with van der Waals surface area (Å²) in [6, 6.07) is -0.631. The fourth-order valence-electron chi connectivity index (χ4n) is 0.307. The average molecular weight is 157 g/mol. The van der Waals surface area contributed by atoms with E-state index in [1.165, 1.54) is 0 Å². The Morgan fingerprint density at radius 1 is 1.45 bits per heavy atom. The second-order valence-corrected chi connectivity index (χ2v) is 3.42. The number of hydrazone groups is 1. The van der Waals surface area contributed by atoms with Crippen LogP contribution in [-0.4, -0.2) is 11.7 Å². The van der Waals surface area contributed by atoms with Crippen molar-refractivity contribution in [3.63, 3.8) is 0 Å². The molecule has 0 bridgehead atoms. The first-order chi connectivity index (χ1) is 4.84. The van der Waals surface area contributed by atoms with Gasteiger partial charge in [0.25, 0.3) is 0 Å². The molecule has 0 aliphatic heterocycles. The van der Waals surface area contributed by atoms with E-state index in [9.17, 15) is 4.79 Å². The van der Waals surface area contributed by atoms with Crippen LogP contribution in [0.1, 0.15) is 27.7 Å². The van der Waals surface area contributed by atoms with Crippen molar-refractivity contribution in [1.82, 2.24) is 5.43 Å². The molecule has 0 aromatic carbocycles. The van der Waals surface area contributed by atoms with Gasteiger partial charge in [0.2, 0.25) is 0 Å². The third-order valence-electron chi connectivity index (χ3n) is 1.42. The summed E-state index contributed by atoms with van der Waals surface area (Å²) in [6.07, 6.45) is 0. The standard InChI is InChI=1S/C7H15N3O/c1-5(7(2,3)4)9-10-6(8)11/h1-4H3,(H3,8,10,11)/b9-5+. The maximum atomic E-state index is 10.2. The van der Waals surface area contributed by atoms with Crippen molar-refractivity contribution in [2.75, 3.05) is 0 Å². The van der Waals surface area contributed by atoms with Gasteiger partial charge in [-0.3, -0.25) is 0 Å². The molecule has 0 aromatic rings. The number of hydrogen-bond donors (Lipinski definition) is 2. The molecule has 0 saturated heterocycles. The molecule has 0 unspecified atom stereocenters. The van der Waals surface area contributed by atoms with Gasteiger partial charge in [-0.2, -0.15) is 5.10 Å². The van der Waals surface area contributed by atoms with Crippen molar-refractivity contribution in [2.24, 2.45) is 16.3 Å². The molecule has 4 nitrogen and oxygen atoms in total. The lowest BCUT2D eigenvalue weighted by molar-refractivity contribution is 0.249. The van der Waals surface area contributed by atoms with Crippen LogP contribution < -0.4 is 11.2 Å². The van der Waals surface area contributed by atoms with E-state index in [2.05, 4.69) is 10.5 Å². The summed E-state index contributed by atoms with van der Waals surface area (Å²) in [5, 5.41) is 3.79. The van der Waals surface area contributed by atoms with Crippen LogP contribution in [0.2, 0.25) is 0 Å². The van der Waals surface area contributed by atoms with Crippen LogP contribution in [0.3, 0.4) is 0 Å². The lowest BCUT2D eigenvalue weighted by Gasteiger charge is -2.17. The fourth-order valence-corrected chi connectivity index (χ4v) is 0.307. The Balaban J connectivity index is 4.12. The molecule has 0 spiro atoms. The summed E-state index contributed by atoms with van der Waals surface area (Å²) in [5.41, 5.74) is 7.82. The lowest BCUT2D eigenvalue weighted by Crippen LogP contribution is -2.28. The number of hydrogen-bond acceptors (Lipinski definition) is 2. The van der Waals surface area contributed by atoms with E-state index >= 15 is 0 Å². The van der Waals surface area contributed by atoms with E-state index in [0.717, 1.165) is 5.71 Å². The molecule has 2 amide bonds. The van der Waals surface area contributed by atoms with Gasteiger partial charge < -0.3 is 5.73 Å². The van der Waals surface area contributed by atoms with Crippen molar-refractivity contribution in [3.8, 4) is 0 Å². The molecule has 64 valence electrons. The van der Waals surface area contributed by atoms with E-state index in [1.807, 2.05) is 27.7 Å². The topological polar surface area (TPSA) is 67.5 Å². The van der Waals surface area contributed by atoms with Gasteiger partial charge in [0.15, 0.2) is 0 Å². The molecule has 0 aliphatic rings. The fraction of sp³-hybridized carbons (Fsp3) is 0.714. The zero-order chi connectivity index (χ0) is 9.07. The molecule has 0 saturated carbocycles. The zero-order valence-electron chi connectivity index (χ0n) is 7.43. The summed E-state index contributed by atoms with van der Waals surface area (Å²) >= 11 is 0. The smallest absolute Gasteiger partial charge is 0.332 e. The predicted octanol–water partition coefficient (Wildman–Crippen LogP) is 1.08. The minimum atomic E-state index is -0.631. The molecule has 4 heteroatoms. The first kappa shape index (κ1) is 9.94. The van der Waals surface area contributed by atoms with Crippen molar-refractivity contribution in [1.29, 1.82) is 0 Å². The second kappa shape index (κ2) is 3.37. The lowest BCUT2D eigenvalue weighted by atomic mass is 9.91. The maximum absolute atomic E-state index is 10.2. The highest BCUT2D eigenvalue weighted by Crippen LogP contribution is 2.14. The predicted molar refractivity (Wildman–Crippen MR) is 45.3 cm³/mol. The molecule has 0 radical (unpaired) electrons. The summed E-state index contributed by atoms with van der Waals surface area (Å²) in [4.78, 5) is 10.2. The molecule has 0 aromatic heterocycles. The summed E-state index contributed by atoms with van der Waals surface area (Å²) in [5.74, 6) is 0. The number of carbonyl (C=O) groups excluding carboxylic acids is 1. The first-order valence-electron chi connectivity index (χ1n) is 3.44. The molecule has 0 aliphatic carbocycles. The van der Waals surface area contributed by atoms with Crippen molar-refractivity contribution < 1.29 is 4.79 Å². The van der Waals surface area contributed by atoms with Gasteiger partial charge in [0.1, 0.15) is 0 Å². The van der Waals surface area contributed by atoms with Crippen LogP contribution in [0.25, 0.3) is 0 Å². The SMILES string of the molecule is C/C(=N\NC(N)=O)C(C)(C)C. The van der Waals surface area contributed by atoms with Crippen molar-refractivity contribution >= 4 is 11.7 Å². The number of nitrogens with zero attached hydrogens (tertiary/aromatic N) is 1. The Morgan fingerprint density at radius 3 is 2.18 bits per heavy atom. The molecular weight excluding hydrogens is 142 g/mol. The number of urea groups is 1. The molecule has 0 heterocycles. The van der Waals surface area contributed by atoms with Gasteiger partial charge in [-0.25, -0.2) is 10.2 Å². The monoisotopic (exact) mass is 157 g/mol. The molecule has 11 heavy (non-hydrogen) atoms. The van der Waals surface area contributed by atoms with Gasteiger partial charge in [-0.1, -0.05) is 20.8 Å². The van der Waals surface area contributed by atoms with Crippen molar-refractivity contribution in [3.05, 3.63) is 0 Å². The van der Waals surface area contributed by atoms with Gasteiger partial charge in [-0.05, 0) is 6.92 Å². The largest absolute Gasteiger partial charge is 0.350 e.